The number of carbonyl (C=O) groups is 2. The molecular weight excluding hydrogens is 299 g/mol. The highest BCUT2D eigenvalue weighted by atomic mass is 19.1. The number of hydrogen-bond acceptors (Lipinski definition) is 3. The number of carboxylic acids is 1. The molecule has 0 saturated carbocycles. The average Bonchev–Trinajstić information content (AvgIpc) is 2.54. The van der Waals surface area contributed by atoms with Crippen molar-refractivity contribution in [2.75, 3.05) is 0 Å². The summed E-state index contributed by atoms with van der Waals surface area (Å²) < 4.78 is 13.2. The number of hydrogen-bond donors (Lipinski definition) is 3. The van der Waals surface area contributed by atoms with E-state index >= 15 is 0 Å². The molecule has 1 amide bonds. The molecule has 2 unspecified atom stereocenters. The molecule has 6 heteroatoms. The second kappa shape index (κ2) is 7.51. The van der Waals surface area contributed by atoms with Crippen LogP contribution in [0.25, 0.3) is 0 Å². The van der Waals surface area contributed by atoms with Gasteiger partial charge >= 0.3 is 5.97 Å². The maximum absolute atomic E-state index is 13.2. The van der Waals surface area contributed by atoms with E-state index in [1.807, 2.05) is 0 Å². The molecule has 0 aliphatic heterocycles. The molecule has 2 atom stereocenters. The third kappa shape index (κ3) is 4.62. The fourth-order valence-corrected chi connectivity index (χ4v) is 2.17. The lowest BCUT2D eigenvalue weighted by atomic mass is 10.0. The first-order valence-electron chi connectivity index (χ1n) is 7.05. The summed E-state index contributed by atoms with van der Waals surface area (Å²) in [6.07, 6.45) is -0.0274. The molecule has 2 rings (SSSR count). The topological polar surface area (TPSA) is 92.4 Å². The lowest BCUT2D eigenvalue weighted by Crippen LogP contribution is -2.46. The highest BCUT2D eigenvalue weighted by Gasteiger charge is 2.24. The van der Waals surface area contributed by atoms with Crippen molar-refractivity contribution in [2.45, 2.75) is 18.5 Å². The predicted molar refractivity (Wildman–Crippen MR) is 83.0 cm³/mol. The second-order valence-corrected chi connectivity index (χ2v) is 5.12. The van der Waals surface area contributed by atoms with E-state index < -0.39 is 29.8 Å². The van der Waals surface area contributed by atoms with Gasteiger partial charge < -0.3 is 16.2 Å². The molecule has 0 fully saturated rings. The van der Waals surface area contributed by atoms with Crippen molar-refractivity contribution in [2.24, 2.45) is 5.73 Å². The third-order valence-corrected chi connectivity index (χ3v) is 3.38. The minimum absolute atomic E-state index is 0.0274. The van der Waals surface area contributed by atoms with Crippen molar-refractivity contribution in [1.29, 1.82) is 0 Å². The average molecular weight is 316 g/mol. The smallest absolute Gasteiger partial charge is 0.326 e. The minimum Gasteiger partial charge on any atom is -0.480 e. The summed E-state index contributed by atoms with van der Waals surface area (Å²) in [7, 11) is 0. The SMILES string of the molecule is NC(C(=O)NC(Cc1cccc(F)c1)C(=O)O)c1ccccc1. The van der Waals surface area contributed by atoms with E-state index in [1.54, 1.807) is 36.4 Å². The van der Waals surface area contributed by atoms with Crippen LogP contribution >= 0.6 is 0 Å². The molecule has 0 saturated heterocycles. The predicted octanol–water partition coefficient (Wildman–Crippen LogP) is 1.64. The Morgan fingerprint density at radius 2 is 1.83 bits per heavy atom. The van der Waals surface area contributed by atoms with Gasteiger partial charge in [-0.05, 0) is 23.3 Å². The van der Waals surface area contributed by atoms with Gasteiger partial charge in [0, 0.05) is 6.42 Å². The molecule has 2 aromatic rings. The van der Waals surface area contributed by atoms with E-state index in [0.717, 1.165) is 0 Å². The Bertz CT molecular complexity index is 691. The zero-order valence-electron chi connectivity index (χ0n) is 12.3. The molecule has 0 spiro atoms. The van der Waals surface area contributed by atoms with Crippen molar-refractivity contribution >= 4 is 11.9 Å². The summed E-state index contributed by atoms with van der Waals surface area (Å²) in [6, 6.07) is 12.1. The second-order valence-electron chi connectivity index (χ2n) is 5.12. The number of nitrogens with one attached hydrogen (secondary N) is 1. The van der Waals surface area contributed by atoms with Crippen molar-refractivity contribution in [3.05, 3.63) is 71.5 Å². The molecule has 0 aliphatic rings. The Labute approximate surface area is 132 Å². The van der Waals surface area contributed by atoms with Gasteiger partial charge in [0.2, 0.25) is 5.91 Å². The normalized spacial score (nSPS) is 13.1. The number of halogens is 1. The minimum atomic E-state index is -1.21. The van der Waals surface area contributed by atoms with Gasteiger partial charge in [0.1, 0.15) is 17.9 Å². The first kappa shape index (κ1) is 16.6. The highest BCUT2D eigenvalue weighted by Crippen LogP contribution is 2.11. The summed E-state index contributed by atoms with van der Waals surface area (Å²) in [5, 5.41) is 11.7. The van der Waals surface area contributed by atoms with Gasteiger partial charge in [-0.1, -0.05) is 42.5 Å². The molecule has 0 aromatic heterocycles. The molecule has 5 nitrogen and oxygen atoms in total. The molecule has 120 valence electrons. The van der Waals surface area contributed by atoms with E-state index in [-0.39, 0.29) is 6.42 Å². The summed E-state index contributed by atoms with van der Waals surface area (Å²) in [4.78, 5) is 23.5. The van der Waals surface area contributed by atoms with Crippen LogP contribution in [0.5, 0.6) is 0 Å². The molecular formula is C17H17FN2O3. The Kier molecular flexibility index (Phi) is 5.43. The van der Waals surface area contributed by atoms with Crippen molar-refractivity contribution in [3.63, 3.8) is 0 Å². The van der Waals surface area contributed by atoms with Crippen LogP contribution < -0.4 is 11.1 Å². The van der Waals surface area contributed by atoms with Crippen molar-refractivity contribution in [1.82, 2.24) is 5.32 Å². The van der Waals surface area contributed by atoms with Gasteiger partial charge in [-0.3, -0.25) is 4.79 Å². The molecule has 0 heterocycles. The molecule has 0 bridgehead atoms. The van der Waals surface area contributed by atoms with Crippen molar-refractivity contribution in [3.8, 4) is 0 Å². The number of carbonyl (C=O) groups excluding carboxylic acids is 1. The lowest BCUT2D eigenvalue weighted by Gasteiger charge is -2.18. The largest absolute Gasteiger partial charge is 0.480 e. The first-order valence-corrected chi connectivity index (χ1v) is 7.05. The lowest BCUT2D eigenvalue weighted by molar-refractivity contribution is -0.142. The van der Waals surface area contributed by atoms with Crippen LogP contribution in [0.15, 0.2) is 54.6 Å². The van der Waals surface area contributed by atoms with Crippen LogP contribution in [0.4, 0.5) is 4.39 Å². The summed E-state index contributed by atoms with van der Waals surface area (Å²) >= 11 is 0. The van der Waals surface area contributed by atoms with Crippen LogP contribution in [-0.2, 0) is 16.0 Å². The van der Waals surface area contributed by atoms with Gasteiger partial charge in [-0.25, -0.2) is 9.18 Å². The number of nitrogens with two attached hydrogens (primary N) is 1. The highest BCUT2D eigenvalue weighted by molar-refractivity contribution is 5.87. The monoisotopic (exact) mass is 316 g/mol. The van der Waals surface area contributed by atoms with E-state index in [9.17, 15) is 19.1 Å². The van der Waals surface area contributed by atoms with Gasteiger partial charge in [0.25, 0.3) is 0 Å². The Hall–Kier alpha value is -2.73. The Balaban J connectivity index is 2.07. The first-order chi connectivity index (χ1) is 11.0. The third-order valence-electron chi connectivity index (χ3n) is 3.38. The number of aliphatic carboxylic acids is 1. The molecule has 4 N–H and O–H groups in total. The standard InChI is InChI=1S/C17H17FN2O3/c18-13-8-4-5-11(9-13)10-14(17(22)23)20-16(21)15(19)12-6-2-1-3-7-12/h1-9,14-15H,10,19H2,(H,20,21)(H,22,23). The van der Waals surface area contributed by atoms with E-state index in [1.165, 1.54) is 18.2 Å². The quantitative estimate of drug-likeness (QED) is 0.755. The van der Waals surface area contributed by atoms with Gasteiger partial charge in [-0.2, -0.15) is 0 Å². The van der Waals surface area contributed by atoms with Crippen LogP contribution in [0, 0.1) is 5.82 Å². The summed E-state index contributed by atoms with van der Waals surface area (Å²) in [5.41, 5.74) is 6.90. The maximum Gasteiger partial charge on any atom is 0.326 e. The van der Waals surface area contributed by atoms with Crippen molar-refractivity contribution < 1.29 is 19.1 Å². The zero-order chi connectivity index (χ0) is 16.8. The van der Waals surface area contributed by atoms with Crippen LogP contribution in [0.3, 0.4) is 0 Å². The maximum atomic E-state index is 13.2. The number of benzene rings is 2. The van der Waals surface area contributed by atoms with Gasteiger partial charge in [-0.15, -0.1) is 0 Å². The van der Waals surface area contributed by atoms with Gasteiger partial charge in [0.05, 0.1) is 0 Å². The van der Waals surface area contributed by atoms with E-state index in [4.69, 9.17) is 5.73 Å². The van der Waals surface area contributed by atoms with Crippen LogP contribution in [-0.4, -0.2) is 23.0 Å². The number of carboxylic acid groups (broad SMARTS) is 1. The van der Waals surface area contributed by atoms with Crippen LogP contribution in [0.1, 0.15) is 17.2 Å². The molecule has 0 aliphatic carbocycles. The van der Waals surface area contributed by atoms with Crippen LogP contribution in [0.2, 0.25) is 0 Å². The van der Waals surface area contributed by atoms with E-state index in [2.05, 4.69) is 5.32 Å². The fraction of sp³-hybridized carbons (Fsp3) is 0.176. The molecule has 0 radical (unpaired) electrons. The number of rotatable bonds is 6. The fourth-order valence-electron chi connectivity index (χ4n) is 2.17. The zero-order valence-corrected chi connectivity index (χ0v) is 12.3. The number of amides is 1. The Morgan fingerprint density at radius 1 is 1.13 bits per heavy atom. The van der Waals surface area contributed by atoms with Gasteiger partial charge in [0.15, 0.2) is 0 Å². The molecule has 23 heavy (non-hydrogen) atoms. The summed E-state index contributed by atoms with van der Waals surface area (Å²) in [6.45, 7) is 0. The van der Waals surface area contributed by atoms with E-state index in [0.29, 0.717) is 11.1 Å². The summed E-state index contributed by atoms with van der Waals surface area (Å²) in [5.74, 6) is -2.26. The molecule has 2 aromatic carbocycles. The Morgan fingerprint density at radius 3 is 2.43 bits per heavy atom.